The molecular formula is C16H13ClN4OS. The standard InChI is InChI=1S/C16H13ClN4OS/c17-14-7-5-12(6-8-14)10-22-15-4-2-1-3-13(15)9-19-21-11-18-20-16(21)23/h1-9,11H,10H2,(H,20,23)/b19-9-. The highest BCUT2D eigenvalue weighted by Gasteiger charge is 2.02. The Balaban J connectivity index is 1.75. The number of aromatic nitrogens is 3. The summed E-state index contributed by atoms with van der Waals surface area (Å²) >= 11 is 10.9. The summed E-state index contributed by atoms with van der Waals surface area (Å²) in [7, 11) is 0. The lowest BCUT2D eigenvalue weighted by Crippen LogP contribution is -1.99. The summed E-state index contributed by atoms with van der Waals surface area (Å²) in [5.74, 6) is 0.737. The Morgan fingerprint density at radius 2 is 2.00 bits per heavy atom. The highest BCUT2D eigenvalue weighted by atomic mass is 35.5. The molecule has 0 amide bonds. The molecule has 23 heavy (non-hydrogen) atoms. The van der Waals surface area contributed by atoms with Crippen molar-refractivity contribution in [2.24, 2.45) is 5.10 Å². The lowest BCUT2D eigenvalue weighted by atomic mass is 10.2. The lowest BCUT2D eigenvalue weighted by Gasteiger charge is -2.09. The van der Waals surface area contributed by atoms with Crippen LogP contribution in [-0.4, -0.2) is 21.1 Å². The Morgan fingerprint density at radius 3 is 2.74 bits per heavy atom. The van der Waals surface area contributed by atoms with Gasteiger partial charge in [0, 0.05) is 10.6 Å². The van der Waals surface area contributed by atoms with Crippen LogP contribution in [-0.2, 0) is 6.61 Å². The van der Waals surface area contributed by atoms with E-state index >= 15 is 0 Å². The van der Waals surface area contributed by atoms with Crippen LogP contribution in [0.2, 0.25) is 5.02 Å². The molecule has 7 heteroatoms. The van der Waals surface area contributed by atoms with Crippen LogP contribution in [0.5, 0.6) is 5.75 Å². The van der Waals surface area contributed by atoms with Gasteiger partial charge < -0.3 is 4.74 Å². The second-order valence-corrected chi connectivity index (χ2v) is 5.53. The molecule has 0 aliphatic carbocycles. The molecule has 5 nitrogen and oxygen atoms in total. The molecule has 3 aromatic rings. The number of nitrogens with one attached hydrogen (secondary N) is 1. The average molecular weight is 345 g/mol. The van der Waals surface area contributed by atoms with E-state index in [0.29, 0.717) is 16.4 Å². The predicted molar refractivity (Wildman–Crippen MR) is 92.6 cm³/mol. The number of H-pyrrole nitrogens is 1. The smallest absolute Gasteiger partial charge is 0.216 e. The van der Waals surface area contributed by atoms with Gasteiger partial charge in [-0.2, -0.15) is 14.9 Å². The number of rotatable bonds is 5. The van der Waals surface area contributed by atoms with Crippen molar-refractivity contribution < 1.29 is 4.74 Å². The molecule has 0 atom stereocenters. The first-order chi connectivity index (χ1) is 11.2. The summed E-state index contributed by atoms with van der Waals surface area (Å²) in [5.41, 5.74) is 1.89. The summed E-state index contributed by atoms with van der Waals surface area (Å²) in [5, 5.41) is 11.4. The van der Waals surface area contributed by atoms with Gasteiger partial charge in [0.15, 0.2) is 0 Å². The molecular weight excluding hydrogens is 332 g/mol. The average Bonchev–Trinajstić information content (AvgIpc) is 2.98. The maximum absolute atomic E-state index is 5.88. The van der Waals surface area contributed by atoms with Gasteiger partial charge in [0.25, 0.3) is 0 Å². The number of para-hydroxylation sites is 1. The summed E-state index contributed by atoms with van der Waals surface area (Å²) < 4.78 is 7.78. The van der Waals surface area contributed by atoms with Gasteiger partial charge in [0.1, 0.15) is 18.7 Å². The molecule has 1 aromatic heterocycles. The highest BCUT2D eigenvalue weighted by molar-refractivity contribution is 7.71. The van der Waals surface area contributed by atoms with E-state index in [1.54, 1.807) is 6.21 Å². The van der Waals surface area contributed by atoms with Crippen molar-refractivity contribution in [3.8, 4) is 5.75 Å². The van der Waals surface area contributed by atoms with E-state index in [1.807, 2.05) is 48.5 Å². The third-order valence-corrected chi connectivity index (χ3v) is 3.61. The van der Waals surface area contributed by atoms with Crippen LogP contribution in [0.15, 0.2) is 60.0 Å². The quantitative estimate of drug-likeness (QED) is 0.561. The Labute approximate surface area is 143 Å². The Hall–Kier alpha value is -2.44. The number of aromatic amines is 1. The molecule has 0 fully saturated rings. The first-order valence-corrected chi connectivity index (χ1v) is 7.63. The minimum atomic E-state index is 0.431. The van der Waals surface area contributed by atoms with Gasteiger partial charge in [-0.15, -0.1) is 0 Å². The number of ether oxygens (including phenoxy) is 1. The maximum atomic E-state index is 5.88. The van der Waals surface area contributed by atoms with Gasteiger partial charge in [0.2, 0.25) is 4.77 Å². The minimum Gasteiger partial charge on any atom is -0.488 e. The first kappa shape index (κ1) is 15.5. The molecule has 0 aliphatic heterocycles. The van der Waals surface area contributed by atoms with E-state index in [2.05, 4.69) is 15.3 Å². The normalized spacial score (nSPS) is 11.0. The second kappa shape index (κ2) is 7.21. The fourth-order valence-electron chi connectivity index (χ4n) is 1.91. The summed E-state index contributed by atoms with van der Waals surface area (Å²) in [4.78, 5) is 0. The lowest BCUT2D eigenvalue weighted by molar-refractivity contribution is 0.306. The molecule has 0 radical (unpaired) electrons. The van der Waals surface area contributed by atoms with Crippen molar-refractivity contribution in [1.82, 2.24) is 14.9 Å². The highest BCUT2D eigenvalue weighted by Crippen LogP contribution is 2.18. The molecule has 0 saturated heterocycles. The van der Waals surface area contributed by atoms with Gasteiger partial charge >= 0.3 is 0 Å². The zero-order valence-corrected chi connectivity index (χ0v) is 13.6. The molecule has 0 bridgehead atoms. The van der Waals surface area contributed by atoms with Crippen molar-refractivity contribution in [3.05, 3.63) is 75.8 Å². The topological polar surface area (TPSA) is 55.2 Å². The van der Waals surface area contributed by atoms with Crippen LogP contribution in [0.25, 0.3) is 0 Å². The molecule has 1 heterocycles. The number of benzene rings is 2. The third kappa shape index (κ3) is 4.06. The SMILES string of the molecule is S=c1[nH]ncn1/N=C\c1ccccc1OCc1ccc(Cl)cc1. The van der Waals surface area contributed by atoms with E-state index in [9.17, 15) is 0 Å². The molecule has 3 rings (SSSR count). The maximum Gasteiger partial charge on any atom is 0.216 e. The zero-order valence-electron chi connectivity index (χ0n) is 12.0. The monoisotopic (exact) mass is 344 g/mol. The van der Waals surface area contributed by atoms with Crippen LogP contribution in [0.3, 0.4) is 0 Å². The van der Waals surface area contributed by atoms with Crippen molar-refractivity contribution in [3.63, 3.8) is 0 Å². The Kier molecular flexibility index (Phi) is 4.85. The summed E-state index contributed by atoms with van der Waals surface area (Å²) in [6.45, 7) is 0.452. The van der Waals surface area contributed by atoms with Gasteiger partial charge in [-0.25, -0.2) is 0 Å². The summed E-state index contributed by atoms with van der Waals surface area (Å²) in [6.07, 6.45) is 3.19. The van der Waals surface area contributed by atoms with Crippen molar-refractivity contribution in [2.45, 2.75) is 6.61 Å². The van der Waals surface area contributed by atoms with Gasteiger partial charge in [-0.3, -0.25) is 5.10 Å². The van der Waals surface area contributed by atoms with E-state index < -0.39 is 0 Å². The molecule has 2 aromatic carbocycles. The Bertz CT molecular complexity index is 870. The van der Waals surface area contributed by atoms with Crippen LogP contribution in [0.4, 0.5) is 0 Å². The van der Waals surface area contributed by atoms with Crippen molar-refractivity contribution >= 4 is 30.0 Å². The Morgan fingerprint density at radius 1 is 1.22 bits per heavy atom. The summed E-state index contributed by atoms with van der Waals surface area (Å²) in [6, 6.07) is 15.2. The van der Waals surface area contributed by atoms with Crippen molar-refractivity contribution in [2.75, 3.05) is 0 Å². The third-order valence-electron chi connectivity index (χ3n) is 3.08. The van der Waals surface area contributed by atoms with E-state index in [4.69, 9.17) is 28.6 Å². The molecule has 1 N–H and O–H groups in total. The van der Waals surface area contributed by atoms with E-state index in [-0.39, 0.29) is 0 Å². The fraction of sp³-hybridized carbons (Fsp3) is 0.0625. The van der Waals surface area contributed by atoms with Crippen LogP contribution < -0.4 is 4.74 Å². The molecule has 116 valence electrons. The molecule has 0 spiro atoms. The first-order valence-electron chi connectivity index (χ1n) is 6.85. The molecule has 0 unspecified atom stereocenters. The van der Waals surface area contributed by atoms with E-state index in [1.165, 1.54) is 11.0 Å². The zero-order chi connectivity index (χ0) is 16.1. The minimum absolute atomic E-state index is 0.431. The van der Waals surface area contributed by atoms with Crippen LogP contribution in [0, 0.1) is 4.77 Å². The van der Waals surface area contributed by atoms with Crippen molar-refractivity contribution in [1.29, 1.82) is 0 Å². The number of halogens is 1. The largest absolute Gasteiger partial charge is 0.488 e. The van der Waals surface area contributed by atoms with Crippen LogP contribution >= 0.6 is 23.8 Å². The number of nitrogens with zero attached hydrogens (tertiary/aromatic N) is 3. The predicted octanol–water partition coefficient (Wildman–Crippen LogP) is 4.06. The van der Waals surface area contributed by atoms with Crippen LogP contribution in [0.1, 0.15) is 11.1 Å². The molecule has 0 saturated carbocycles. The fourth-order valence-corrected chi connectivity index (χ4v) is 2.18. The van der Waals surface area contributed by atoms with Gasteiger partial charge in [-0.1, -0.05) is 35.9 Å². The van der Waals surface area contributed by atoms with E-state index in [0.717, 1.165) is 16.9 Å². The number of hydrogen-bond acceptors (Lipinski definition) is 4. The number of hydrogen-bond donors (Lipinski definition) is 1. The van der Waals surface area contributed by atoms with Gasteiger partial charge in [0.05, 0.1) is 6.21 Å². The van der Waals surface area contributed by atoms with Gasteiger partial charge in [-0.05, 0) is 42.0 Å². The molecule has 0 aliphatic rings. The second-order valence-electron chi connectivity index (χ2n) is 4.70.